The van der Waals surface area contributed by atoms with Gasteiger partial charge >= 0.3 is 0 Å². The molecule has 0 amide bonds. The average molecular weight is 280 g/mol. The van der Waals surface area contributed by atoms with Gasteiger partial charge in [0.1, 0.15) is 17.9 Å². The molecule has 0 aliphatic carbocycles. The molecule has 0 atom stereocenters. The Morgan fingerprint density at radius 1 is 1.37 bits per heavy atom. The standard InChI is InChI=1S/C12H16N4O2S/c1-2-6-16-12(14-9-15-16)8-19(17,18)11-5-3-4-10(13)7-11/h3-5,7,9H,2,6,8,13H2,1H3. The molecule has 0 saturated heterocycles. The van der Waals surface area contributed by atoms with Crippen LogP contribution in [-0.2, 0) is 22.1 Å². The molecular weight excluding hydrogens is 264 g/mol. The first-order valence-corrected chi connectivity index (χ1v) is 7.63. The van der Waals surface area contributed by atoms with Gasteiger partial charge in [0.05, 0.1) is 4.90 Å². The van der Waals surface area contributed by atoms with Crippen LogP contribution >= 0.6 is 0 Å². The Hall–Kier alpha value is -1.89. The van der Waals surface area contributed by atoms with E-state index in [1.54, 1.807) is 16.8 Å². The molecule has 19 heavy (non-hydrogen) atoms. The first kappa shape index (κ1) is 13.5. The minimum atomic E-state index is -3.45. The van der Waals surface area contributed by atoms with Gasteiger partial charge in [-0.15, -0.1) is 0 Å². The lowest BCUT2D eigenvalue weighted by Crippen LogP contribution is -2.12. The largest absolute Gasteiger partial charge is 0.399 e. The number of aryl methyl sites for hydroxylation is 1. The maximum Gasteiger partial charge on any atom is 0.185 e. The number of rotatable bonds is 5. The summed E-state index contributed by atoms with van der Waals surface area (Å²) in [7, 11) is -3.45. The quantitative estimate of drug-likeness (QED) is 0.832. The fourth-order valence-corrected chi connectivity index (χ4v) is 3.09. The lowest BCUT2D eigenvalue weighted by Gasteiger charge is -2.06. The summed E-state index contributed by atoms with van der Waals surface area (Å²) in [6.45, 7) is 2.65. The van der Waals surface area contributed by atoms with E-state index in [4.69, 9.17) is 5.73 Å². The summed E-state index contributed by atoms with van der Waals surface area (Å²) in [6.07, 6.45) is 2.24. The van der Waals surface area contributed by atoms with Crippen LogP contribution in [0.1, 0.15) is 19.2 Å². The Labute approximate surface area is 112 Å². The van der Waals surface area contributed by atoms with Gasteiger partial charge in [-0.3, -0.25) is 0 Å². The van der Waals surface area contributed by atoms with Gasteiger partial charge in [0.2, 0.25) is 0 Å². The van der Waals surface area contributed by atoms with Crippen molar-refractivity contribution in [3.05, 3.63) is 36.4 Å². The lowest BCUT2D eigenvalue weighted by atomic mass is 10.3. The first-order chi connectivity index (χ1) is 9.03. The molecule has 102 valence electrons. The first-order valence-electron chi connectivity index (χ1n) is 5.98. The van der Waals surface area contributed by atoms with Crippen molar-refractivity contribution in [3.63, 3.8) is 0 Å². The lowest BCUT2D eigenvalue weighted by molar-refractivity contribution is 0.566. The molecule has 0 bridgehead atoms. The van der Waals surface area contributed by atoms with Gasteiger partial charge in [-0.1, -0.05) is 13.0 Å². The van der Waals surface area contributed by atoms with Gasteiger partial charge in [0.15, 0.2) is 9.84 Å². The molecular formula is C12H16N4O2S. The molecule has 2 aromatic rings. The van der Waals surface area contributed by atoms with E-state index in [0.29, 0.717) is 18.1 Å². The topological polar surface area (TPSA) is 90.9 Å². The summed E-state index contributed by atoms with van der Waals surface area (Å²) in [5.74, 6) is 0.278. The van der Waals surface area contributed by atoms with E-state index >= 15 is 0 Å². The summed E-state index contributed by atoms with van der Waals surface area (Å²) in [4.78, 5) is 4.22. The zero-order chi connectivity index (χ0) is 13.9. The second-order valence-corrected chi connectivity index (χ2v) is 6.22. The number of hydrogen-bond acceptors (Lipinski definition) is 5. The summed E-state index contributed by atoms with van der Waals surface area (Å²) >= 11 is 0. The van der Waals surface area contributed by atoms with E-state index in [2.05, 4.69) is 10.1 Å². The zero-order valence-electron chi connectivity index (χ0n) is 10.7. The van der Waals surface area contributed by atoms with Gasteiger partial charge in [-0.05, 0) is 24.6 Å². The van der Waals surface area contributed by atoms with Crippen LogP contribution < -0.4 is 5.73 Å². The van der Waals surface area contributed by atoms with Crippen molar-refractivity contribution in [3.8, 4) is 0 Å². The van der Waals surface area contributed by atoms with Gasteiger partial charge < -0.3 is 5.73 Å². The Morgan fingerprint density at radius 3 is 2.84 bits per heavy atom. The Bertz CT molecular complexity index is 664. The SMILES string of the molecule is CCCn1ncnc1CS(=O)(=O)c1cccc(N)c1. The fourth-order valence-electron chi connectivity index (χ4n) is 1.76. The predicted molar refractivity (Wildman–Crippen MR) is 72.1 cm³/mol. The summed E-state index contributed by atoms with van der Waals surface area (Å²) in [6, 6.07) is 6.26. The molecule has 1 aromatic heterocycles. The van der Waals surface area contributed by atoms with Crippen LogP contribution in [0.15, 0.2) is 35.5 Å². The second kappa shape index (κ2) is 5.40. The third kappa shape index (κ3) is 3.11. The Kier molecular flexibility index (Phi) is 3.84. The van der Waals surface area contributed by atoms with Gasteiger partial charge in [-0.25, -0.2) is 18.1 Å². The number of aromatic nitrogens is 3. The van der Waals surface area contributed by atoms with Crippen LogP contribution in [0.5, 0.6) is 0 Å². The molecule has 0 unspecified atom stereocenters. The Balaban J connectivity index is 2.29. The molecule has 0 spiro atoms. The number of nitrogen functional groups attached to an aromatic ring is 1. The minimum absolute atomic E-state index is 0.170. The van der Waals surface area contributed by atoms with E-state index < -0.39 is 9.84 Å². The molecule has 0 saturated carbocycles. The third-order valence-electron chi connectivity index (χ3n) is 2.67. The van der Waals surface area contributed by atoms with E-state index in [9.17, 15) is 8.42 Å². The molecule has 6 nitrogen and oxygen atoms in total. The highest BCUT2D eigenvalue weighted by Crippen LogP contribution is 2.17. The number of anilines is 1. The predicted octanol–water partition coefficient (Wildman–Crippen LogP) is 1.24. The van der Waals surface area contributed by atoms with Crippen molar-refractivity contribution in [2.75, 3.05) is 5.73 Å². The number of hydrogen-bond donors (Lipinski definition) is 1. The van der Waals surface area contributed by atoms with Crippen LogP contribution in [-0.4, -0.2) is 23.2 Å². The highest BCUT2D eigenvalue weighted by molar-refractivity contribution is 7.90. The van der Waals surface area contributed by atoms with Crippen molar-refractivity contribution in [1.82, 2.24) is 14.8 Å². The van der Waals surface area contributed by atoms with Gasteiger partial charge in [-0.2, -0.15) is 5.10 Å². The third-order valence-corrected chi connectivity index (χ3v) is 4.28. The fraction of sp³-hybridized carbons (Fsp3) is 0.333. The van der Waals surface area contributed by atoms with Crippen molar-refractivity contribution in [1.29, 1.82) is 0 Å². The maximum absolute atomic E-state index is 12.3. The van der Waals surface area contributed by atoms with Crippen LogP contribution in [0.25, 0.3) is 0 Å². The van der Waals surface area contributed by atoms with Gasteiger partial charge in [0.25, 0.3) is 0 Å². The van der Waals surface area contributed by atoms with Crippen molar-refractivity contribution >= 4 is 15.5 Å². The van der Waals surface area contributed by atoms with E-state index in [0.717, 1.165) is 6.42 Å². The van der Waals surface area contributed by atoms with Crippen LogP contribution in [0.4, 0.5) is 5.69 Å². The normalized spacial score (nSPS) is 11.6. The molecule has 2 rings (SSSR count). The number of sulfone groups is 1. The molecule has 0 radical (unpaired) electrons. The molecule has 0 aliphatic heterocycles. The molecule has 0 fully saturated rings. The van der Waals surface area contributed by atoms with Gasteiger partial charge in [0, 0.05) is 12.2 Å². The van der Waals surface area contributed by atoms with Crippen LogP contribution in [0, 0.1) is 0 Å². The minimum Gasteiger partial charge on any atom is -0.399 e. The van der Waals surface area contributed by atoms with Crippen molar-refractivity contribution in [2.24, 2.45) is 0 Å². The zero-order valence-corrected chi connectivity index (χ0v) is 11.5. The highest BCUT2D eigenvalue weighted by atomic mass is 32.2. The molecule has 2 N–H and O–H groups in total. The van der Waals surface area contributed by atoms with Crippen molar-refractivity contribution < 1.29 is 8.42 Å². The van der Waals surface area contributed by atoms with E-state index in [-0.39, 0.29) is 10.6 Å². The highest BCUT2D eigenvalue weighted by Gasteiger charge is 2.19. The molecule has 1 aromatic carbocycles. The monoisotopic (exact) mass is 280 g/mol. The van der Waals surface area contributed by atoms with E-state index in [1.807, 2.05) is 6.92 Å². The smallest absolute Gasteiger partial charge is 0.185 e. The number of nitrogens with zero attached hydrogens (tertiary/aromatic N) is 3. The van der Waals surface area contributed by atoms with Crippen LogP contribution in [0.3, 0.4) is 0 Å². The van der Waals surface area contributed by atoms with E-state index in [1.165, 1.54) is 18.5 Å². The summed E-state index contributed by atoms with van der Waals surface area (Å²) < 4.78 is 26.2. The second-order valence-electron chi connectivity index (χ2n) is 4.23. The summed E-state index contributed by atoms with van der Waals surface area (Å²) in [5, 5.41) is 4.02. The average Bonchev–Trinajstić information content (AvgIpc) is 2.76. The number of nitrogens with two attached hydrogens (primary N) is 1. The molecule has 7 heteroatoms. The van der Waals surface area contributed by atoms with Crippen LogP contribution in [0.2, 0.25) is 0 Å². The molecule has 1 heterocycles. The Morgan fingerprint density at radius 2 is 2.16 bits per heavy atom. The maximum atomic E-state index is 12.3. The summed E-state index contributed by atoms with van der Waals surface area (Å²) in [5.41, 5.74) is 6.04. The molecule has 0 aliphatic rings. The van der Waals surface area contributed by atoms with Crippen molar-refractivity contribution in [2.45, 2.75) is 30.5 Å². The number of benzene rings is 1.